The number of rotatable bonds is 9. The van der Waals surface area contributed by atoms with Gasteiger partial charge in [0.2, 0.25) is 0 Å². The molecule has 20 heavy (non-hydrogen) atoms. The van der Waals surface area contributed by atoms with Gasteiger partial charge in [0.15, 0.2) is 0 Å². The second-order valence-corrected chi connectivity index (χ2v) is 5.49. The van der Waals surface area contributed by atoms with Gasteiger partial charge in [-0.2, -0.15) is 0 Å². The topological polar surface area (TPSA) is 28.6 Å². The van der Waals surface area contributed by atoms with E-state index in [4.69, 9.17) is 0 Å². The van der Waals surface area contributed by atoms with Gasteiger partial charge in [-0.1, -0.05) is 13.3 Å². The maximum atomic E-state index is 13.6. The molecular formula is C15H26FN3O. The zero-order chi connectivity index (χ0) is 15.0. The van der Waals surface area contributed by atoms with Gasteiger partial charge in [-0.05, 0) is 62.3 Å². The highest BCUT2D eigenvalue weighted by atomic mass is 19.2. The fraction of sp³-hybridized carbons (Fsp3) is 0.667. The van der Waals surface area contributed by atoms with Crippen LogP contribution in [-0.4, -0.2) is 42.5 Å². The normalized spacial score (nSPS) is 14.8. The van der Waals surface area contributed by atoms with E-state index in [1.54, 1.807) is 0 Å². The molecule has 2 unspecified atom stereocenters. The molecular weight excluding hydrogens is 257 g/mol. The summed E-state index contributed by atoms with van der Waals surface area (Å²) in [6.07, 6.45) is 7.27. The highest BCUT2D eigenvalue weighted by Crippen LogP contribution is 2.19. The molecule has 0 N–H and O–H groups in total. The molecule has 0 aliphatic heterocycles. The van der Waals surface area contributed by atoms with Crippen molar-refractivity contribution in [3.8, 4) is 0 Å². The Labute approximate surface area is 121 Å². The van der Waals surface area contributed by atoms with Crippen LogP contribution in [0.4, 0.5) is 4.48 Å². The summed E-state index contributed by atoms with van der Waals surface area (Å²) in [5.41, 5.74) is 1.31. The molecule has 1 heterocycles. The zero-order valence-electron chi connectivity index (χ0n) is 12.9. The van der Waals surface area contributed by atoms with Crippen LogP contribution < -0.4 is 0 Å². The SMILES string of the molecule is CON(F)C(CC(C)CCCc1ccncc1)N(C)C. The minimum Gasteiger partial charge on any atom is -0.290 e. The molecule has 0 aromatic carbocycles. The van der Waals surface area contributed by atoms with Gasteiger partial charge in [-0.25, -0.2) is 0 Å². The number of hydroxylamine groups is 1. The average Bonchev–Trinajstić information content (AvgIpc) is 2.45. The third-order valence-electron chi connectivity index (χ3n) is 3.53. The molecule has 114 valence electrons. The van der Waals surface area contributed by atoms with Gasteiger partial charge < -0.3 is 0 Å². The smallest absolute Gasteiger partial charge is 0.120 e. The van der Waals surface area contributed by atoms with Crippen molar-refractivity contribution in [3.05, 3.63) is 30.1 Å². The molecule has 4 nitrogen and oxygen atoms in total. The first-order chi connectivity index (χ1) is 9.54. The quantitative estimate of drug-likeness (QED) is 0.395. The second-order valence-electron chi connectivity index (χ2n) is 5.49. The number of hydrogen-bond acceptors (Lipinski definition) is 4. The molecule has 0 radical (unpaired) electrons. The van der Waals surface area contributed by atoms with E-state index >= 15 is 0 Å². The van der Waals surface area contributed by atoms with E-state index in [0.717, 1.165) is 25.7 Å². The summed E-state index contributed by atoms with van der Waals surface area (Å²) in [4.78, 5) is 10.5. The summed E-state index contributed by atoms with van der Waals surface area (Å²) in [6, 6.07) is 4.09. The first kappa shape index (κ1) is 17.0. The van der Waals surface area contributed by atoms with Crippen molar-refractivity contribution < 1.29 is 9.32 Å². The van der Waals surface area contributed by atoms with Crippen molar-refractivity contribution in [1.82, 2.24) is 15.2 Å². The molecule has 1 aromatic rings. The molecule has 0 saturated heterocycles. The summed E-state index contributed by atoms with van der Waals surface area (Å²) in [6.45, 7) is 2.16. The minimum atomic E-state index is -0.337. The van der Waals surface area contributed by atoms with Crippen LogP contribution in [0.5, 0.6) is 0 Å². The van der Waals surface area contributed by atoms with Crippen LogP contribution in [0.3, 0.4) is 0 Å². The van der Waals surface area contributed by atoms with Crippen molar-refractivity contribution in [3.63, 3.8) is 0 Å². The Morgan fingerprint density at radius 2 is 1.95 bits per heavy atom. The van der Waals surface area contributed by atoms with Crippen molar-refractivity contribution in [1.29, 1.82) is 0 Å². The van der Waals surface area contributed by atoms with Gasteiger partial charge in [0.1, 0.15) is 6.17 Å². The van der Waals surface area contributed by atoms with Gasteiger partial charge in [0.05, 0.1) is 7.11 Å². The lowest BCUT2D eigenvalue weighted by Crippen LogP contribution is -2.41. The van der Waals surface area contributed by atoms with Gasteiger partial charge in [0, 0.05) is 12.4 Å². The highest BCUT2D eigenvalue weighted by Gasteiger charge is 2.23. The molecule has 0 aliphatic rings. The Balaban J connectivity index is 2.33. The molecule has 1 aromatic heterocycles. The van der Waals surface area contributed by atoms with Crippen molar-refractivity contribution in [2.45, 2.75) is 38.8 Å². The molecule has 5 heteroatoms. The van der Waals surface area contributed by atoms with Crippen LogP contribution in [0.25, 0.3) is 0 Å². The summed E-state index contributed by atoms with van der Waals surface area (Å²) in [5.74, 6) is 0.442. The second kappa shape index (κ2) is 9.00. The van der Waals surface area contributed by atoms with Crippen LogP contribution in [0.2, 0.25) is 0 Å². The molecule has 0 spiro atoms. The minimum absolute atomic E-state index is 0.337. The Kier molecular flexibility index (Phi) is 7.65. The molecule has 0 aliphatic carbocycles. The number of nitrogens with zero attached hydrogens (tertiary/aromatic N) is 3. The molecule has 0 bridgehead atoms. The Hall–Kier alpha value is -1.04. The fourth-order valence-electron chi connectivity index (χ4n) is 2.28. The summed E-state index contributed by atoms with van der Waals surface area (Å²) in [5, 5.41) is 0.430. The monoisotopic (exact) mass is 283 g/mol. The van der Waals surface area contributed by atoms with Crippen LogP contribution in [0.1, 0.15) is 31.7 Å². The average molecular weight is 283 g/mol. The van der Waals surface area contributed by atoms with Crippen molar-refractivity contribution in [2.24, 2.45) is 5.92 Å². The first-order valence-electron chi connectivity index (χ1n) is 7.09. The number of pyridine rings is 1. The van der Waals surface area contributed by atoms with Crippen LogP contribution in [0, 0.1) is 5.92 Å². The third kappa shape index (κ3) is 5.94. The standard InChI is InChI=1S/C15H26FN3O/c1-13(12-15(18(2)3)19(16)20-4)6-5-7-14-8-10-17-11-9-14/h8-11,13,15H,5-7,12H2,1-4H3. The van der Waals surface area contributed by atoms with E-state index in [2.05, 4.69) is 16.7 Å². The van der Waals surface area contributed by atoms with Gasteiger partial charge in [-0.15, -0.1) is 4.48 Å². The first-order valence-corrected chi connectivity index (χ1v) is 7.09. The van der Waals surface area contributed by atoms with Crippen molar-refractivity contribution >= 4 is 0 Å². The van der Waals surface area contributed by atoms with Gasteiger partial charge >= 0.3 is 0 Å². The van der Waals surface area contributed by atoms with E-state index in [1.807, 2.05) is 43.5 Å². The maximum Gasteiger partial charge on any atom is 0.120 e. The number of aromatic nitrogens is 1. The lowest BCUT2D eigenvalue weighted by molar-refractivity contribution is -0.312. The van der Waals surface area contributed by atoms with Crippen LogP contribution in [0.15, 0.2) is 24.5 Å². The lowest BCUT2D eigenvalue weighted by atomic mass is 9.97. The third-order valence-corrected chi connectivity index (χ3v) is 3.53. The summed E-state index contributed by atoms with van der Waals surface area (Å²) in [7, 11) is 5.07. The van der Waals surface area contributed by atoms with E-state index in [0.29, 0.717) is 11.2 Å². The Morgan fingerprint density at radius 1 is 1.30 bits per heavy atom. The van der Waals surface area contributed by atoms with Crippen molar-refractivity contribution in [2.75, 3.05) is 21.2 Å². The summed E-state index contributed by atoms with van der Waals surface area (Å²) >= 11 is 0. The fourth-order valence-corrected chi connectivity index (χ4v) is 2.28. The van der Waals surface area contributed by atoms with Gasteiger partial charge in [0.25, 0.3) is 0 Å². The Bertz CT molecular complexity index is 361. The molecule has 0 saturated carbocycles. The number of halogens is 1. The lowest BCUT2D eigenvalue weighted by Gasteiger charge is -2.29. The molecule has 0 amide bonds. The van der Waals surface area contributed by atoms with Crippen LogP contribution >= 0.6 is 0 Å². The number of aryl methyl sites for hydroxylation is 1. The van der Waals surface area contributed by atoms with E-state index < -0.39 is 0 Å². The van der Waals surface area contributed by atoms with E-state index in [9.17, 15) is 4.48 Å². The van der Waals surface area contributed by atoms with Crippen LogP contribution in [-0.2, 0) is 11.3 Å². The number of hydrogen-bond donors (Lipinski definition) is 0. The van der Waals surface area contributed by atoms with E-state index in [-0.39, 0.29) is 6.17 Å². The summed E-state index contributed by atoms with van der Waals surface area (Å²) < 4.78 is 13.6. The molecule has 1 rings (SSSR count). The highest BCUT2D eigenvalue weighted by molar-refractivity contribution is 5.09. The molecule has 2 atom stereocenters. The van der Waals surface area contributed by atoms with E-state index in [1.165, 1.54) is 12.7 Å². The Morgan fingerprint density at radius 3 is 2.50 bits per heavy atom. The predicted octanol–water partition coefficient (Wildman–Crippen LogP) is 3.07. The maximum absolute atomic E-state index is 13.6. The predicted molar refractivity (Wildman–Crippen MR) is 78.4 cm³/mol. The largest absolute Gasteiger partial charge is 0.290 e. The van der Waals surface area contributed by atoms with Gasteiger partial charge in [-0.3, -0.25) is 14.7 Å². The molecule has 0 fully saturated rings. The zero-order valence-corrected chi connectivity index (χ0v) is 12.9.